The lowest BCUT2D eigenvalue weighted by Crippen LogP contribution is -2.38. The predicted molar refractivity (Wildman–Crippen MR) is 97.0 cm³/mol. The Hall–Kier alpha value is -1.75. The number of amides is 2. The van der Waals surface area contributed by atoms with Gasteiger partial charge in [0, 0.05) is 37.7 Å². The zero-order valence-electron chi connectivity index (χ0n) is 14.8. The monoisotopic (exact) mass is 364 g/mol. The molecule has 0 atom stereocenters. The van der Waals surface area contributed by atoms with Gasteiger partial charge in [-0.3, -0.25) is 9.59 Å². The quantitative estimate of drug-likeness (QED) is 0.824. The first-order chi connectivity index (χ1) is 12.0. The van der Waals surface area contributed by atoms with E-state index in [0.717, 1.165) is 25.8 Å². The van der Waals surface area contributed by atoms with Crippen LogP contribution in [0, 0.1) is 5.92 Å². The SMILES string of the molecule is CC(C)Oc1ccc(C(=O)N2CCCN(C(=O)C3CC3)CC2)cc1Cl. The van der Waals surface area contributed by atoms with Gasteiger partial charge in [-0.1, -0.05) is 11.6 Å². The van der Waals surface area contributed by atoms with Crippen LogP contribution in [0.3, 0.4) is 0 Å². The third kappa shape index (κ3) is 4.46. The summed E-state index contributed by atoms with van der Waals surface area (Å²) in [4.78, 5) is 28.7. The molecule has 1 aromatic carbocycles. The molecular formula is C19H25ClN2O3. The molecule has 6 heteroatoms. The van der Waals surface area contributed by atoms with E-state index in [4.69, 9.17) is 16.3 Å². The third-order valence-corrected chi connectivity index (χ3v) is 4.86. The van der Waals surface area contributed by atoms with E-state index in [1.165, 1.54) is 0 Å². The molecule has 1 aromatic rings. The molecule has 0 bridgehead atoms. The van der Waals surface area contributed by atoms with Gasteiger partial charge in [0.2, 0.25) is 5.91 Å². The van der Waals surface area contributed by atoms with Gasteiger partial charge < -0.3 is 14.5 Å². The minimum absolute atomic E-state index is 0.0274. The molecular weight excluding hydrogens is 340 g/mol. The standard InChI is InChI=1S/C19H25ClN2O3/c1-13(2)25-17-7-6-15(12-16(17)20)19(24)22-9-3-8-21(10-11-22)18(23)14-4-5-14/h6-7,12-14H,3-5,8-11H2,1-2H3. The second-order valence-electron chi connectivity index (χ2n) is 7.06. The number of hydrogen-bond donors (Lipinski definition) is 0. The summed E-state index contributed by atoms with van der Waals surface area (Å²) in [7, 11) is 0. The Bertz CT molecular complexity index is 658. The van der Waals surface area contributed by atoms with Crippen LogP contribution in [-0.2, 0) is 4.79 Å². The van der Waals surface area contributed by atoms with Gasteiger partial charge in [-0.2, -0.15) is 0 Å². The van der Waals surface area contributed by atoms with Crippen molar-refractivity contribution in [3.05, 3.63) is 28.8 Å². The summed E-state index contributed by atoms with van der Waals surface area (Å²) in [5.41, 5.74) is 0.558. The van der Waals surface area contributed by atoms with E-state index in [1.807, 2.05) is 23.6 Å². The van der Waals surface area contributed by atoms with Crippen LogP contribution < -0.4 is 4.74 Å². The molecule has 1 aliphatic carbocycles. The molecule has 3 rings (SSSR count). The number of carbonyl (C=O) groups excluding carboxylic acids is 2. The molecule has 25 heavy (non-hydrogen) atoms. The summed E-state index contributed by atoms with van der Waals surface area (Å²) < 4.78 is 5.61. The highest BCUT2D eigenvalue weighted by Crippen LogP contribution is 2.31. The Morgan fingerprint density at radius 1 is 1.12 bits per heavy atom. The van der Waals surface area contributed by atoms with Crippen molar-refractivity contribution >= 4 is 23.4 Å². The number of ether oxygens (including phenoxy) is 1. The number of rotatable bonds is 4. The highest BCUT2D eigenvalue weighted by Gasteiger charge is 2.34. The second kappa shape index (κ2) is 7.65. The van der Waals surface area contributed by atoms with E-state index in [9.17, 15) is 9.59 Å². The molecule has 2 amide bonds. The van der Waals surface area contributed by atoms with E-state index >= 15 is 0 Å². The molecule has 2 aliphatic rings. The Morgan fingerprint density at radius 2 is 1.80 bits per heavy atom. The molecule has 0 aromatic heterocycles. The molecule has 1 aliphatic heterocycles. The van der Waals surface area contributed by atoms with Crippen LogP contribution in [0.5, 0.6) is 5.75 Å². The van der Waals surface area contributed by atoms with Gasteiger partial charge in [0.25, 0.3) is 5.91 Å². The van der Waals surface area contributed by atoms with Gasteiger partial charge in [0.05, 0.1) is 11.1 Å². The Morgan fingerprint density at radius 3 is 2.44 bits per heavy atom. The average molecular weight is 365 g/mol. The van der Waals surface area contributed by atoms with Crippen LogP contribution in [0.15, 0.2) is 18.2 Å². The number of nitrogens with zero attached hydrogens (tertiary/aromatic N) is 2. The lowest BCUT2D eigenvalue weighted by Gasteiger charge is -2.22. The maximum atomic E-state index is 12.8. The Kier molecular flexibility index (Phi) is 5.52. The topological polar surface area (TPSA) is 49.9 Å². The van der Waals surface area contributed by atoms with Gasteiger partial charge in [0.1, 0.15) is 5.75 Å². The summed E-state index contributed by atoms with van der Waals surface area (Å²) in [5, 5.41) is 0.444. The smallest absolute Gasteiger partial charge is 0.253 e. The van der Waals surface area contributed by atoms with Crippen molar-refractivity contribution in [2.45, 2.75) is 39.2 Å². The largest absolute Gasteiger partial charge is 0.489 e. The number of benzene rings is 1. The van der Waals surface area contributed by atoms with Gasteiger partial charge >= 0.3 is 0 Å². The lowest BCUT2D eigenvalue weighted by atomic mass is 10.2. The number of carbonyl (C=O) groups is 2. The van der Waals surface area contributed by atoms with Crippen molar-refractivity contribution in [2.24, 2.45) is 5.92 Å². The molecule has 5 nitrogen and oxygen atoms in total. The first-order valence-corrected chi connectivity index (χ1v) is 9.38. The number of hydrogen-bond acceptors (Lipinski definition) is 3. The summed E-state index contributed by atoms with van der Waals surface area (Å²) in [6.07, 6.45) is 2.87. The molecule has 1 saturated carbocycles. The second-order valence-corrected chi connectivity index (χ2v) is 7.46. The van der Waals surface area contributed by atoms with Crippen molar-refractivity contribution in [2.75, 3.05) is 26.2 Å². The highest BCUT2D eigenvalue weighted by molar-refractivity contribution is 6.32. The molecule has 1 heterocycles. The van der Waals surface area contributed by atoms with Crippen molar-refractivity contribution in [3.8, 4) is 5.75 Å². The molecule has 0 N–H and O–H groups in total. The van der Waals surface area contributed by atoms with Crippen molar-refractivity contribution in [3.63, 3.8) is 0 Å². The molecule has 0 spiro atoms. The predicted octanol–water partition coefficient (Wildman–Crippen LogP) is 3.21. The van der Waals surface area contributed by atoms with Gasteiger partial charge in [0.15, 0.2) is 0 Å². The minimum atomic E-state index is -0.0429. The van der Waals surface area contributed by atoms with Crippen molar-refractivity contribution in [1.82, 2.24) is 9.80 Å². The zero-order valence-corrected chi connectivity index (χ0v) is 15.6. The van der Waals surface area contributed by atoms with E-state index in [0.29, 0.717) is 36.0 Å². The summed E-state index contributed by atoms with van der Waals surface area (Å²) in [6, 6.07) is 5.17. The molecule has 2 fully saturated rings. The third-order valence-electron chi connectivity index (χ3n) is 4.56. The van der Waals surface area contributed by atoms with E-state index in [1.54, 1.807) is 18.2 Å². The van der Waals surface area contributed by atoms with E-state index in [2.05, 4.69) is 0 Å². The molecule has 136 valence electrons. The van der Waals surface area contributed by atoms with Crippen LogP contribution in [0.2, 0.25) is 5.02 Å². The summed E-state index contributed by atoms with van der Waals surface area (Å²) in [5.74, 6) is 1.03. The molecule has 0 unspecified atom stereocenters. The van der Waals surface area contributed by atoms with Crippen molar-refractivity contribution in [1.29, 1.82) is 0 Å². The average Bonchev–Trinajstić information content (AvgIpc) is 3.41. The van der Waals surface area contributed by atoms with Crippen LogP contribution in [-0.4, -0.2) is 53.9 Å². The maximum Gasteiger partial charge on any atom is 0.253 e. The minimum Gasteiger partial charge on any atom is -0.489 e. The normalized spacial score (nSPS) is 18.2. The van der Waals surface area contributed by atoms with E-state index < -0.39 is 0 Å². The fraction of sp³-hybridized carbons (Fsp3) is 0.579. The highest BCUT2D eigenvalue weighted by atomic mass is 35.5. The molecule has 1 saturated heterocycles. The lowest BCUT2D eigenvalue weighted by molar-refractivity contribution is -0.132. The van der Waals surface area contributed by atoms with Gasteiger partial charge in [-0.15, -0.1) is 0 Å². The van der Waals surface area contributed by atoms with E-state index in [-0.39, 0.29) is 23.8 Å². The zero-order chi connectivity index (χ0) is 18.0. The Balaban J connectivity index is 1.64. The van der Waals surface area contributed by atoms with Crippen LogP contribution in [0.25, 0.3) is 0 Å². The van der Waals surface area contributed by atoms with Crippen LogP contribution in [0.1, 0.15) is 43.5 Å². The molecule has 0 radical (unpaired) electrons. The van der Waals surface area contributed by atoms with Crippen LogP contribution >= 0.6 is 11.6 Å². The van der Waals surface area contributed by atoms with Crippen molar-refractivity contribution < 1.29 is 14.3 Å². The summed E-state index contributed by atoms with van der Waals surface area (Å²) in [6.45, 7) is 6.45. The first kappa shape index (κ1) is 18.1. The first-order valence-electron chi connectivity index (χ1n) is 9.00. The van der Waals surface area contributed by atoms with Gasteiger partial charge in [-0.05, 0) is 51.3 Å². The fourth-order valence-corrected chi connectivity index (χ4v) is 3.32. The summed E-state index contributed by atoms with van der Waals surface area (Å²) >= 11 is 6.25. The fourth-order valence-electron chi connectivity index (χ4n) is 3.10. The van der Waals surface area contributed by atoms with Gasteiger partial charge in [-0.25, -0.2) is 0 Å². The van der Waals surface area contributed by atoms with Crippen LogP contribution in [0.4, 0.5) is 0 Å². The number of halogens is 1. The Labute approximate surface area is 153 Å². The maximum absolute atomic E-state index is 12.8.